The van der Waals surface area contributed by atoms with E-state index >= 15 is 0 Å². The molecule has 0 bridgehead atoms. The summed E-state index contributed by atoms with van der Waals surface area (Å²) >= 11 is 0. The number of aliphatic imine (C=N–C) groups is 1. The van der Waals surface area contributed by atoms with Crippen LogP contribution in [0, 0.1) is 29.1 Å². The zero-order valence-electron chi connectivity index (χ0n) is 11.8. The van der Waals surface area contributed by atoms with Crippen LogP contribution < -0.4 is 0 Å². The number of hydrogen-bond acceptors (Lipinski definition) is 2. The van der Waals surface area contributed by atoms with Gasteiger partial charge < -0.3 is 5.11 Å². The molecule has 0 heterocycles. The summed E-state index contributed by atoms with van der Waals surface area (Å²) in [5, 5.41) is 8.90. The minimum absolute atomic E-state index is 0.375. The minimum atomic E-state index is -6.25. The minimum Gasteiger partial charge on any atom is -0.373 e. The Hall–Kier alpha value is -1.92. The Bertz CT molecular complexity index is 661. The molecule has 25 heavy (non-hydrogen) atoms. The van der Waals surface area contributed by atoms with Crippen molar-refractivity contribution >= 4 is 11.4 Å². The highest BCUT2D eigenvalue weighted by molar-refractivity contribution is 5.85. The summed E-state index contributed by atoms with van der Waals surface area (Å²) in [7, 11) is 0. The summed E-state index contributed by atoms with van der Waals surface area (Å²) in [5.41, 5.74) is -8.71. The lowest BCUT2D eigenvalue weighted by atomic mass is 9.95. The topological polar surface area (TPSA) is 32.6 Å². The second kappa shape index (κ2) is 6.42. The molecule has 0 saturated heterocycles. The fourth-order valence-electron chi connectivity index (χ4n) is 1.65. The molecule has 2 nitrogen and oxygen atoms in total. The lowest BCUT2D eigenvalue weighted by Gasteiger charge is -2.32. The Kier molecular flexibility index (Phi) is 5.43. The average Bonchev–Trinajstić information content (AvgIpc) is 2.45. The molecular weight excluding hydrogens is 383 g/mol. The molecule has 1 N–H and O–H groups in total. The van der Waals surface area contributed by atoms with Gasteiger partial charge in [0, 0.05) is 12.1 Å². The molecule has 0 spiro atoms. The summed E-state index contributed by atoms with van der Waals surface area (Å²) in [6, 6.07) is 0. The predicted octanol–water partition coefficient (Wildman–Crippen LogP) is 4.72. The number of nitrogens with zero attached hydrogens (tertiary/aromatic N) is 1. The zero-order chi connectivity index (χ0) is 20.0. The molecule has 0 aliphatic rings. The highest BCUT2D eigenvalue weighted by Gasteiger charge is 2.70. The van der Waals surface area contributed by atoms with Gasteiger partial charge >= 0.3 is 12.4 Å². The largest absolute Gasteiger partial charge is 0.426 e. The third-order valence-electron chi connectivity index (χ3n) is 2.94. The van der Waals surface area contributed by atoms with E-state index in [0.717, 1.165) is 0 Å². The number of hydrogen-bond donors (Lipinski definition) is 1. The first kappa shape index (κ1) is 21.1. The molecule has 0 aliphatic heterocycles. The highest BCUT2D eigenvalue weighted by Crippen LogP contribution is 2.45. The Balaban J connectivity index is 3.45. The van der Waals surface area contributed by atoms with Gasteiger partial charge in [0.2, 0.25) is 5.82 Å². The second-order valence-corrected chi connectivity index (χ2v) is 4.80. The Labute approximate surface area is 131 Å². The zero-order valence-corrected chi connectivity index (χ0v) is 11.8. The lowest BCUT2D eigenvalue weighted by molar-refractivity contribution is -0.365. The van der Waals surface area contributed by atoms with Crippen molar-refractivity contribution < 1.29 is 53.4 Å². The Morgan fingerprint density at radius 1 is 0.760 bits per heavy atom. The summed E-state index contributed by atoms with van der Waals surface area (Å²) in [6.45, 7) is 0.375. The maximum atomic E-state index is 13.3. The van der Waals surface area contributed by atoms with Gasteiger partial charge in [-0.25, -0.2) is 22.0 Å². The van der Waals surface area contributed by atoms with Crippen molar-refractivity contribution in [3.05, 3.63) is 29.1 Å². The van der Waals surface area contributed by atoms with Gasteiger partial charge in [0.05, 0.1) is 0 Å². The van der Waals surface area contributed by atoms with Crippen LogP contribution in [0.15, 0.2) is 4.99 Å². The van der Waals surface area contributed by atoms with Gasteiger partial charge in [-0.05, 0) is 6.92 Å². The van der Waals surface area contributed by atoms with Crippen molar-refractivity contribution in [3.8, 4) is 0 Å². The number of alkyl halides is 6. The quantitative estimate of drug-likeness (QED) is 0.345. The van der Waals surface area contributed by atoms with Gasteiger partial charge in [-0.2, -0.15) is 26.3 Å². The monoisotopic (exact) mass is 389 g/mol. The number of aliphatic hydroxyl groups is 1. The van der Waals surface area contributed by atoms with Gasteiger partial charge in [-0.1, -0.05) is 0 Å². The molecule has 1 aromatic carbocycles. The first-order valence-corrected chi connectivity index (χ1v) is 5.96. The van der Waals surface area contributed by atoms with Crippen molar-refractivity contribution in [2.45, 2.75) is 31.3 Å². The van der Waals surface area contributed by atoms with Crippen molar-refractivity contribution in [2.75, 3.05) is 0 Å². The standard InChI is InChI=1S/C12H6F11NO/c1-3(2-10(25,11(18,19)20)12(21,22)23)24-9-7(16)5(14)4(13)6(15)8(9)17/h25H,2H2,1H3. The van der Waals surface area contributed by atoms with E-state index in [1.165, 1.54) is 0 Å². The Morgan fingerprint density at radius 3 is 1.40 bits per heavy atom. The molecule has 1 aromatic rings. The maximum absolute atomic E-state index is 13.3. The number of benzene rings is 1. The molecule has 0 radical (unpaired) electrons. The smallest absolute Gasteiger partial charge is 0.373 e. The average molecular weight is 389 g/mol. The van der Waals surface area contributed by atoms with E-state index in [0.29, 0.717) is 6.92 Å². The maximum Gasteiger partial charge on any atom is 0.426 e. The van der Waals surface area contributed by atoms with Crippen LogP contribution in [0.25, 0.3) is 0 Å². The first-order chi connectivity index (χ1) is 11.0. The molecule has 0 atom stereocenters. The third-order valence-corrected chi connectivity index (χ3v) is 2.94. The summed E-state index contributed by atoms with van der Waals surface area (Å²) in [5.74, 6) is -12.7. The van der Waals surface area contributed by atoms with Crippen LogP contribution in [-0.4, -0.2) is 28.8 Å². The molecule has 13 heteroatoms. The van der Waals surface area contributed by atoms with Crippen LogP contribution in [0.5, 0.6) is 0 Å². The van der Waals surface area contributed by atoms with Crippen molar-refractivity contribution in [2.24, 2.45) is 4.99 Å². The molecule has 0 aromatic heterocycles. The van der Waals surface area contributed by atoms with Crippen LogP contribution in [0.4, 0.5) is 54.0 Å². The number of halogens is 11. The first-order valence-electron chi connectivity index (χ1n) is 5.96. The van der Waals surface area contributed by atoms with Crippen LogP contribution in [0.1, 0.15) is 13.3 Å². The summed E-state index contributed by atoms with van der Waals surface area (Å²) < 4.78 is 140. The fourth-order valence-corrected chi connectivity index (χ4v) is 1.65. The molecule has 0 amide bonds. The van der Waals surface area contributed by atoms with E-state index in [4.69, 9.17) is 5.11 Å². The molecule has 0 aliphatic carbocycles. The molecule has 0 unspecified atom stereocenters. The Morgan fingerprint density at radius 2 is 1.08 bits per heavy atom. The van der Waals surface area contributed by atoms with E-state index in [-0.39, 0.29) is 0 Å². The van der Waals surface area contributed by atoms with E-state index in [9.17, 15) is 48.3 Å². The van der Waals surface area contributed by atoms with Crippen LogP contribution in [0.3, 0.4) is 0 Å². The summed E-state index contributed by atoms with van der Waals surface area (Å²) in [4.78, 5) is 2.59. The van der Waals surface area contributed by atoms with Crippen molar-refractivity contribution in [3.63, 3.8) is 0 Å². The SMILES string of the molecule is CC(CC(O)(C(F)(F)F)C(F)(F)F)=Nc1c(F)c(F)c(F)c(F)c1F. The van der Waals surface area contributed by atoms with Crippen LogP contribution in [-0.2, 0) is 0 Å². The van der Waals surface area contributed by atoms with Crippen LogP contribution >= 0.6 is 0 Å². The van der Waals surface area contributed by atoms with E-state index in [1.54, 1.807) is 0 Å². The molecule has 1 rings (SSSR count). The van der Waals surface area contributed by atoms with E-state index in [1.807, 2.05) is 0 Å². The third kappa shape index (κ3) is 3.70. The molecule has 0 fully saturated rings. The molecule has 0 saturated carbocycles. The summed E-state index contributed by atoms with van der Waals surface area (Å²) in [6.07, 6.45) is -14.9. The second-order valence-electron chi connectivity index (χ2n) is 4.80. The molecular formula is C12H6F11NO. The number of rotatable bonds is 3. The van der Waals surface area contributed by atoms with E-state index in [2.05, 4.69) is 4.99 Å². The lowest BCUT2D eigenvalue weighted by Crippen LogP contribution is -2.57. The van der Waals surface area contributed by atoms with Gasteiger partial charge in [-0.15, -0.1) is 0 Å². The van der Waals surface area contributed by atoms with Gasteiger partial charge in [-0.3, -0.25) is 4.99 Å². The van der Waals surface area contributed by atoms with Crippen molar-refractivity contribution in [1.82, 2.24) is 0 Å². The van der Waals surface area contributed by atoms with E-state index < -0.39 is 64.9 Å². The fraction of sp³-hybridized carbons (Fsp3) is 0.417. The van der Waals surface area contributed by atoms with Crippen LogP contribution in [0.2, 0.25) is 0 Å². The normalized spacial score (nSPS) is 14.2. The van der Waals surface area contributed by atoms with Gasteiger partial charge in [0.25, 0.3) is 5.60 Å². The highest BCUT2D eigenvalue weighted by atomic mass is 19.4. The van der Waals surface area contributed by atoms with Gasteiger partial charge in [0.1, 0.15) is 5.69 Å². The van der Waals surface area contributed by atoms with Gasteiger partial charge in [0.15, 0.2) is 23.3 Å². The van der Waals surface area contributed by atoms with Crippen molar-refractivity contribution in [1.29, 1.82) is 0 Å². The predicted molar refractivity (Wildman–Crippen MR) is 60.7 cm³/mol. The molecule has 142 valence electrons.